The van der Waals surface area contributed by atoms with E-state index >= 15 is 0 Å². The lowest BCUT2D eigenvalue weighted by atomic mass is 10.1. The number of carbonyl (C=O) groups excluding carboxylic acids is 1. The molecule has 21 heavy (non-hydrogen) atoms. The lowest BCUT2D eigenvalue weighted by molar-refractivity contribution is 0.102. The Morgan fingerprint density at radius 2 is 1.90 bits per heavy atom. The van der Waals surface area contributed by atoms with Gasteiger partial charge in [-0.05, 0) is 44.5 Å². The number of ketones is 1. The van der Waals surface area contributed by atoms with Crippen molar-refractivity contribution in [2.45, 2.75) is 31.8 Å². The minimum atomic E-state index is 0.108. The van der Waals surface area contributed by atoms with Crippen LogP contribution in [0.4, 0.5) is 0 Å². The molecule has 0 amide bonds. The fourth-order valence-corrected chi connectivity index (χ4v) is 2.88. The molecule has 0 aliphatic heterocycles. The standard InChI is InChI=1S/C18H20O2S/c1-13(2)20-16-9-6-8-15(11-16)17(19)12-21-18-10-5-4-7-14(18)3/h4-11,13H,12H2,1-3H3. The zero-order chi connectivity index (χ0) is 15.2. The maximum atomic E-state index is 12.3. The highest BCUT2D eigenvalue weighted by Crippen LogP contribution is 2.23. The van der Waals surface area contributed by atoms with Crippen LogP contribution in [0, 0.1) is 6.92 Å². The number of thioether (sulfide) groups is 1. The van der Waals surface area contributed by atoms with Crippen LogP contribution in [-0.4, -0.2) is 17.6 Å². The van der Waals surface area contributed by atoms with Gasteiger partial charge in [0.1, 0.15) is 5.75 Å². The van der Waals surface area contributed by atoms with E-state index in [0.29, 0.717) is 11.3 Å². The summed E-state index contributed by atoms with van der Waals surface area (Å²) in [6.45, 7) is 6.01. The molecule has 0 saturated heterocycles. The Morgan fingerprint density at radius 1 is 1.14 bits per heavy atom. The number of carbonyl (C=O) groups is 1. The monoisotopic (exact) mass is 300 g/mol. The van der Waals surface area contributed by atoms with Gasteiger partial charge < -0.3 is 4.74 Å². The first-order valence-corrected chi connectivity index (χ1v) is 8.03. The van der Waals surface area contributed by atoms with Gasteiger partial charge in [-0.1, -0.05) is 30.3 Å². The summed E-state index contributed by atoms with van der Waals surface area (Å²) in [5.74, 6) is 1.31. The predicted octanol–water partition coefficient (Wildman–Crippen LogP) is 4.76. The summed E-state index contributed by atoms with van der Waals surface area (Å²) in [4.78, 5) is 13.4. The second-order valence-corrected chi connectivity index (χ2v) is 6.19. The molecule has 0 saturated carbocycles. The van der Waals surface area contributed by atoms with Crippen molar-refractivity contribution in [3.8, 4) is 5.75 Å². The van der Waals surface area contributed by atoms with E-state index < -0.39 is 0 Å². The van der Waals surface area contributed by atoms with E-state index in [-0.39, 0.29) is 11.9 Å². The number of hydrogen-bond donors (Lipinski definition) is 0. The first-order valence-electron chi connectivity index (χ1n) is 7.04. The van der Waals surface area contributed by atoms with E-state index in [4.69, 9.17) is 4.74 Å². The lowest BCUT2D eigenvalue weighted by Crippen LogP contribution is -2.07. The Kier molecular flexibility index (Phi) is 5.45. The largest absolute Gasteiger partial charge is 0.491 e. The smallest absolute Gasteiger partial charge is 0.173 e. The van der Waals surface area contributed by atoms with Gasteiger partial charge >= 0.3 is 0 Å². The quantitative estimate of drug-likeness (QED) is 0.568. The van der Waals surface area contributed by atoms with Crippen molar-refractivity contribution in [1.29, 1.82) is 0 Å². The Morgan fingerprint density at radius 3 is 2.62 bits per heavy atom. The first-order chi connectivity index (χ1) is 10.1. The Bertz CT molecular complexity index is 620. The van der Waals surface area contributed by atoms with E-state index in [9.17, 15) is 4.79 Å². The second kappa shape index (κ2) is 7.32. The molecular weight excluding hydrogens is 280 g/mol. The van der Waals surface area contributed by atoms with Crippen LogP contribution < -0.4 is 4.74 Å². The topological polar surface area (TPSA) is 26.3 Å². The van der Waals surface area contributed by atoms with Gasteiger partial charge in [0.2, 0.25) is 0 Å². The van der Waals surface area contributed by atoms with Crippen LogP contribution in [0.5, 0.6) is 5.75 Å². The molecule has 2 rings (SSSR count). The van der Waals surface area contributed by atoms with Crippen LogP contribution in [-0.2, 0) is 0 Å². The van der Waals surface area contributed by atoms with Crippen LogP contribution in [0.3, 0.4) is 0 Å². The third kappa shape index (κ3) is 4.64. The van der Waals surface area contributed by atoms with Crippen molar-refractivity contribution in [1.82, 2.24) is 0 Å². The molecule has 3 heteroatoms. The highest BCUT2D eigenvalue weighted by atomic mass is 32.2. The van der Waals surface area contributed by atoms with Gasteiger partial charge in [-0.2, -0.15) is 0 Å². The molecule has 0 unspecified atom stereocenters. The number of benzene rings is 2. The molecule has 2 aromatic carbocycles. The average Bonchev–Trinajstić information content (AvgIpc) is 2.45. The average molecular weight is 300 g/mol. The fourth-order valence-electron chi connectivity index (χ4n) is 1.96. The van der Waals surface area contributed by atoms with Crippen LogP contribution in [0.25, 0.3) is 0 Å². The molecule has 110 valence electrons. The SMILES string of the molecule is Cc1ccccc1SCC(=O)c1cccc(OC(C)C)c1. The normalized spacial score (nSPS) is 10.7. The van der Waals surface area contributed by atoms with Crippen LogP contribution in [0.15, 0.2) is 53.4 Å². The summed E-state index contributed by atoms with van der Waals surface area (Å²) in [5.41, 5.74) is 1.90. The van der Waals surface area contributed by atoms with Crippen LogP contribution >= 0.6 is 11.8 Å². The molecule has 0 aliphatic carbocycles. The Balaban J connectivity index is 2.02. The van der Waals surface area contributed by atoms with E-state index in [1.54, 1.807) is 11.8 Å². The minimum Gasteiger partial charge on any atom is -0.491 e. The number of hydrogen-bond acceptors (Lipinski definition) is 3. The van der Waals surface area contributed by atoms with Crippen molar-refractivity contribution in [3.05, 3.63) is 59.7 Å². The maximum absolute atomic E-state index is 12.3. The summed E-state index contributed by atoms with van der Waals surface area (Å²) in [6, 6.07) is 15.5. The minimum absolute atomic E-state index is 0.108. The summed E-state index contributed by atoms with van der Waals surface area (Å²) in [5, 5.41) is 0. The lowest BCUT2D eigenvalue weighted by Gasteiger charge is -2.10. The molecule has 0 N–H and O–H groups in total. The molecule has 0 atom stereocenters. The van der Waals surface area contributed by atoms with Gasteiger partial charge in [0, 0.05) is 10.5 Å². The van der Waals surface area contributed by atoms with Gasteiger partial charge in [0.05, 0.1) is 11.9 Å². The van der Waals surface area contributed by atoms with Crippen molar-refractivity contribution in [3.63, 3.8) is 0 Å². The Hall–Kier alpha value is -1.74. The summed E-state index contributed by atoms with van der Waals surface area (Å²) >= 11 is 1.58. The summed E-state index contributed by atoms with van der Waals surface area (Å²) < 4.78 is 5.63. The van der Waals surface area contributed by atoms with E-state index in [0.717, 1.165) is 10.6 Å². The molecule has 0 radical (unpaired) electrons. The molecular formula is C18H20O2S. The van der Waals surface area contributed by atoms with Crippen molar-refractivity contribution < 1.29 is 9.53 Å². The first kappa shape index (κ1) is 15.6. The number of ether oxygens (including phenoxy) is 1. The van der Waals surface area contributed by atoms with Crippen molar-refractivity contribution in [2.24, 2.45) is 0 Å². The predicted molar refractivity (Wildman–Crippen MR) is 88.4 cm³/mol. The third-order valence-corrected chi connectivity index (χ3v) is 4.16. The molecule has 0 aliphatic rings. The zero-order valence-electron chi connectivity index (χ0n) is 12.6. The molecule has 0 aromatic heterocycles. The van der Waals surface area contributed by atoms with E-state index in [1.807, 2.05) is 56.3 Å². The van der Waals surface area contributed by atoms with Gasteiger partial charge in [-0.3, -0.25) is 4.79 Å². The van der Waals surface area contributed by atoms with Crippen molar-refractivity contribution >= 4 is 17.5 Å². The zero-order valence-corrected chi connectivity index (χ0v) is 13.4. The molecule has 0 spiro atoms. The van der Waals surface area contributed by atoms with Gasteiger partial charge in [-0.25, -0.2) is 0 Å². The van der Waals surface area contributed by atoms with Gasteiger partial charge in [-0.15, -0.1) is 11.8 Å². The van der Waals surface area contributed by atoms with Crippen LogP contribution in [0.2, 0.25) is 0 Å². The Labute approximate surface area is 130 Å². The highest BCUT2D eigenvalue weighted by Gasteiger charge is 2.09. The van der Waals surface area contributed by atoms with Gasteiger partial charge in [0.15, 0.2) is 5.78 Å². The van der Waals surface area contributed by atoms with Crippen molar-refractivity contribution in [2.75, 3.05) is 5.75 Å². The molecule has 2 nitrogen and oxygen atoms in total. The summed E-state index contributed by atoms with van der Waals surface area (Å²) in [7, 11) is 0. The highest BCUT2D eigenvalue weighted by molar-refractivity contribution is 8.00. The van der Waals surface area contributed by atoms with Crippen LogP contribution in [0.1, 0.15) is 29.8 Å². The molecule has 0 bridgehead atoms. The third-order valence-electron chi connectivity index (χ3n) is 2.98. The molecule has 2 aromatic rings. The van der Waals surface area contributed by atoms with Gasteiger partial charge in [0.25, 0.3) is 0 Å². The molecule has 0 heterocycles. The fraction of sp³-hybridized carbons (Fsp3) is 0.278. The maximum Gasteiger partial charge on any atom is 0.173 e. The summed E-state index contributed by atoms with van der Waals surface area (Å²) in [6.07, 6.45) is 0.108. The number of rotatable bonds is 6. The number of aryl methyl sites for hydroxylation is 1. The molecule has 0 fully saturated rings. The van der Waals surface area contributed by atoms with E-state index in [1.165, 1.54) is 5.56 Å². The second-order valence-electron chi connectivity index (χ2n) is 5.17. The number of Topliss-reactive ketones (excluding diaryl/α,β-unsaturated/α-hetero) is 1. The van der Waals surface area contributed by atoms with E-state index in [2.05, 4.69) is 13.0 Å².